The summed E-state index contributed by atoms with van der Waals surface area (Å²) < 4.78 is 4.88. The zero-order valence-corrected chi connectivity index (χ0v) is 13.7. The molecule has 0 saturated carbocycles. The number of carbonyl (C=O) groups is 1. The van der Waals surface area contributed by atoms with E-state index in [0.29, 0.717) is 0 Å². The minimum Gasteiger partial charge on any atom is -0.394 e. The van der Waals surface area contributed by atoms with E-state index in [-0.39, 0.29) is 6.04 Å². The van der Waals surface area contributed by atoms with Gasteiger partial charge in [-0.05, 0) is 13.3 Å². The van der Waals surface area contributed by atoms with E-state index in [1.807, 2.05) is 6.92 Å². The van der Waals surface area contributed by atoms with Crippen LogP contribution < -0.4 is 5.32 Å². The molecular weight excluding hydrogens is 306 g/mol. The monoisotopic (exact) mass is 335 g/mol. The molecule has 0 radical (unpaired) electrons. The second-order valence-corrected chi connectivity index (χ2v) is 6.28. The number of amides is 1. The number of rotatable bonds is 8. The minimum atomic E-state index is -2.34. The smallest absolute Gasteiger partial charge is 0.223 e. The van der Waals surface area contributed by atoms with E-state index in [1.165, 1.54) is 0 Å². The van der Waals surface area contributed by atoms with Crippen LogP contribution in [0.15, 0.2) is 0 Å². The summed E-state index contributed by atoms with van der Waals surface area (Å²) >= 11 is 0. The highest BCUT2D eigenvalue weighted by Gasteiger charge is 2.55. The Labute approximate surface area is 136 Å². The molecule has 0 spiro atoms. The molecule has 1 aliphatic rings. The van der Waals surface area contributed by atoms with Crippen molar-refractivity contribution in [1.82, 2.24) is 5.32 Å². The van der Waals surface area contributed by atoms with Gasteiger partial charge in [0, 0.05) is 6.04 Å². The van der Waals surface area contributed by atoms with Gasteiger partial charge >= 0.3 is 0 Å². The van der Waals surface area contributed by atoms with Gasteiger partial charge < -0.3 is 35.6 Å². The SMILES string of the molecule is CCCCCC(C)NC(=O)C[C@]1(O)[C@@H](O)O[C@H](CO)[C@@H](O)[C@@H]1O. The summed E-state index contributed by atoms with van der Waals surface area (Å²) in [7, 11) is 0. The van der Waals surface area contributed by atoms with Gasteiger partial charge in [0.2, 0.25) is 5.91 Å². The maximum Gasteiger partial charge on any atom is 0.223 e. The molecule has 1 saturated heterocycles. The third kappa shape index (κ3) is 5.10. The second-order valence-electron chi connectivity index (χ2n) is 6.28. The van der Waals surface area contributed by atoms with Crippen LogP contribution in [0.1, 0.15) is 46.0 Å². The van der Waals surface area contributed by atoms with Gasteiger partial charge in [-0.1, -0.05) is 26.2 Å². The third-order valence-corrected chi connectivity index (χ3v) is 4.22. The molecule has 23 heavy (non-hydrogen) atoms. The predicted molar refractivity (Wildman–Crippen MR) is 81.3 cm³/mol. The minimum absolute atomic E-state index is 0.105. The second kappa shape index (κ2) is 8.91. The van der Waals surface area contributed by atoms with Gasteiger partial charge in [-0.3, -0.25) is 4.79 Å². The third-order valence-electron chi connectivity index (χ3n) is 4.22. The lowest BCUT2D eigenvalue weighted by Crippen LogP contribution is -2.67. The van der Waals surface area contributed by atoms with Crippen LogP contribution in [-0.2, 0) is 9.53 Å². The van der Waals surface area contributed by atoms with E-state index in [4.69, 9.17) is 9.84 Å². The Balaban J connectivity index is 2.61. The van der Waals surface area contributed by atoms with E-state index in [0.717, 1.165) is 25.7 Å². The summed E-state index contributed by atoms with van der Waals surface area (Å²) in [5.41, 5.74) is -2.34. The van der Waals surface area contributed by atoms with Crippen LogP contribution in [-0.4, -0.2) is 74.3 Å². The van der Waals surface area contributed by atoms with E-state index < -0.39 is 49.1 Å². The number of carbonyl (C=O) groups excluding carboxylic acids is 1. The highest BCUT2D eigenvalue weighted by Crippen LogP contribution is 2.31. The van der Waals surface area contributed by atoms with Crippen molar-refractivity contribution in [3.8, 4) is 0 Å². The molecular formula is C15H29NO7. The number of nitrogens with one attached hydrogen (secondary N) is 1. The molecule has 1 rings (SSSR count). The summed E-state index contributed by atoms with van der Waals surface area (Å²) in [4.78, 5) is 12.0. The zero-order chi connectivity index (χ0) is 17.6. The maximum absolute atomic E-state index is 12.0. The fourth-order valence-corrected chi connectivity index (χ4v) is 2.71. The molecule has 0 aromatic carbocycles. The molecule has 1 unspecified atom stereocenters. The van der Waals surface area contributed by atoms with Crippen LogP contribution in [0, 0.1) is 0 Å². The summed E-state index contributed by atoms with van der Waals surface area (Å²) in [5, 5.41) is 51.7. The van der Waals surface area contributed by atoms with Crippen LogP contribution in [0.3, 0.4) is 0 Å². The Kier molecular flexibility index (Phi) is 7.85. The summed E-state index contributed by atoms with van der Waals surface area (Å²) in [6.45, 7) is 3.28. The summed E-state index contributed by atoms with van der Waals surface area (Å²) in [6, 6.07) is -0.105. The Hall–Kier alpha value is -0.770. The van der Waals surface area contributed by atoms with Crippen molar-refractivity contribution in [3.05, 3.63) is 0 Å². The number of unbranched alkanes of at least 4 members (excludes halogenated alkanes) is 2. The number of aliphatic hydroxyl groups is 5. The van der Waals surface area contributed by atoms with E-state index in [1.54, 1.807) is 0 Å². The first-order valence-corrected chi connectivity index (χ1v) is 8.08. The van der Waals surface area contributed by atoms with Gasteiger partial charge in [0.05, 0.1) is 13.0 Å². The summed E-state index contributed by atoms with van der Waals surface area (Å²) in [6.07, 6.45) is -3.28. The Morgan fingerprint density at radius 2 is 1.96 bits per heavy atom. The standard InChI is InChI=1S/C15H29NO7/c1-3-4-5-6-9(2)16-11(18)7-15(22)13(20)12(19)10(8-17)23-14(15)21/h9-10,12-14,17,19-22H,3-8H2,1-2H3,(H,16,18)/t9?,10-,12-,13+,14+,15-/m1/s1. The topological polar surface area (TPSA) is 139 Å². The van der Waals surface area contributed by atoms with Crippen molar-refractivity contribution in [2.45, 2.75) is 82.2 Å². The lowest BCUT2D eigenvalue weighted by atomic mass is 9.83. The van der Waals surface area contributed by atoms with E-state index >= 15 is 0 Å². The molecule has 0 aromatic heterocycles. The Bertz CT molecular complexity index is 381. The van der Waals surface area contributed by atoms with Crippen LogP contribution in [0.2, 0.25) is 0 Å². The predicted octanol–water partition coefficient (Wildman–Crippen LogP) is -1.38. The normalized spacial score (nSPS) is 35.8. The van der Waals surface area contributed by atoms with Gasteiger partial charge in [-0.2, -0.15) is 0 Å². The highest BCUT2D eigenvalue weighted by atomic mass is 16.6. The first kappa shape index (κ1) is 20.3. The molecule has 8 nitrogen and oxygen atoms in total. The van der Waals surface area contributed by atoms with Gasteiger partial charge in [-0.25, -0.2) is 0 Å². The van der Waals surface area contributed by atoms with Crippen molar-refractivity contribution < 1.29 is 35.1 Å². The molecule has 136 valence electrons. The van der Waals surface area contributed by atoms with Crippen molar-refractivity contribution >= 4 is 5.91 Å². The quantitative estimate of drug-likeness (QED) is 0.301. The highest BCUT2D eigenvalue weighted by molar-refractivity contribution is 5.77. The molecule has 1 fully saturated rings. The van der Waals surface area contributed by atoms with Gasteiger partial charge in [0.1, 0.15) is 18.3 Å². The van der Waals surface area contributed by atoms with Gasteiger partial charge in [0.15, 0.2) is 11.9 Å². The Morgan fingerprint density at radius 3 is 2.52 bits per heavy atom. The average Bonchev–Trinajstić information content (AvgIpc) is 2.49. The molecule has 1 amide bonds. The van der Waals surface area contributed by atoms with Crippen molar-refractivity contribution in [2.75, 3.05) is 6.61 Å². The van der Waals surface area contributed by atoms with Crippen LogP contribution in [0.5, 0.6) is 0 Å². The Morgan fingerprint density at radius 1 is 1.30 bits per heavy atom. The molecule has 6 atom stereocenters. The zero-order valence-electron chi connectivity index (χ0n) is 13.7. The van der Waals surface area contributed by atoms with Crippen LogP contribution in [0.25, 0.3) is 0 Å². The molecule has 8 heteroatoms. The maximum atomic E-state index is 12.0. The van der Waals surface area contributed by atoms with Crippen molar-refractivity contribution in [1.29, 1.82) is 0 Å². The van der Waals surface area contributed by atoms with Crippen LogP contribution >= 0.6 is 0 Å². The van der Waals surface area contributed by atoms with Crippen molar-refractivity contribution in [3.63, 3.8) is 0 Å². The lowest BCUT2D eigenvalue weighted by molar-refractivity contribution is -0.328. The van der Waals surface area contributed by atoms with E-state index in [9.17, 15) is 25.2 Å². The molecule has 6 N–H and O–H groups in total. The molecule has 0 bridgehead atoms. The van der Waals surface area contributed by atoms with Crippen molar-refractivity contribution in [2.24, 2.45) is 0 Å². The molecule has 0 aromatic rings. The number of hydrogen-bond acceptors (Lipinski definition) is 7. The van der Waals surface area contributed by atoms with E-state index in [2.05, 4.69) is 12.2 Å². The fraction of sp³-hybridized carbons (Fsp3) is 0.933. The number of ether oxygens (including phenoxy) is 1. The molecule has 1 aliphatic heterocycles. The first-order chi connectivity index (χ1) is 10.8. The largest absolute Gasteiger partial charge is 0.394 e. The number of aliphatic hydroxyl groups excluding tert-OH is 4. The average molecular weight is 335 g/mol. The molecule has 0 aliphatic carbocycles. The fourth-order valence-electron chi connectivity index (χ4n) is 2.71. The first-order valence-electron chi connectivity index (χ1n) is 8.08. The van der Waals surface area contributed by atoms with Gasteiger partial charge in [-0.15, -0.1) is 0 Å². The number of hydrogen-bond donors (Lipinski definition) is 6. The van der Waals surface area contributed by atoms with Crippen LogP contribution in [0.4, 0.5) is 0 Å². The van der Waals surface area contributed by atoms with Gasteiger partial charge in [0.25, 0.3) is 0 Å². The summed E-state index contributed by atoms with van der Waals surface area (Å²) in [5.74, 6) is -0.562. The lowest BCUT2D eigenvalue weighted by Gasteiger charge is -2.45. The molecule has 1 heterocycles.